The fourth-order valence-corrected chi connectivity index (χ4v) is 1.21. The lowest BCUT2D eigenvalue weighted by atomic mass is 9.94. The molecule has 0 bridgehead atoms. The highest BCUT2D eigenvalue weighted by atomic mass is 14.7. The highest BCUT2D eigenvalue weighted by Gasteiger charge is 2.11. The molecule has 1 aromatic rings. The van der Waals surface area contributed by atoms with Crippen LogP contribution in [-0.4, -0.2) is 12.6 Å². The van der Waals surface area contributed by atoms with Gasteiger partial charge < -0.3 is 11.5 Å². The van der Waals surface area contributed by atoms with E-state index in [9.17, 15) is 0 Å². The van der Waals surface area contributed by atoms with Gasteiger partial charge in [-0.3, -0.25) is 0 Å². The van der Waals surface area contributed by atoms with Crippen molar-refractivity contribution in [3.05, 3.63) is 35.9 Å². The van der Waals surface area contributed by atoms with Crippen molar-refractivity contribution in [1.82, 2.24) is 0 Å². The molecule has 0 saturated carbocycles. The zero-order chi connectivity index (χ0) is 8.97. The molecular formula is C10H16N2. The van der Waals surface area contributed by atoms with Crippen molar-refractivity contribution in [2.45, 2.75) is 18.9 Å². The Balaban J connectivity index is 2.71. The van der Waals surface area contributed by atoms with E-state index in [1.807, 2.05) is 18.2 Å². The van der Waals surface area contributed by atoms with Crippen LogP contribution in [0.15, 0.2) is 30.3 Å². The summed E-state index contributed by atoms with van der Waals surface area (Å²) < 4.78 is 0. The SMILES string of the molecule is CC(c1ccccc1)C(N)CN. The molecule has 0 aliphatic carbocycles. The molecule has 2 heteroatoms. The maximum absolute atomic E-state index is 5.82. The minimum Gasteiger partial charge on any atom is -0.329 e. The summed E-state index contributed by atoms with van der Waals surface area (Å²) in [6.45, 7) is 2.64. The van der Waals surface area contributed by atoms with Gasteiger partial charge in [0.1, 0.15) is 0 Å². The zero-order valence-electron chi connectivity index (χ0n) is 7.40. The molecule has 0 aliphatic heterocycles. The molecule has 2 nitrogen and oxygen atoms in total. The Morgan fingerprint density at radius 2 is 1.83 bits per heavy atom. The van der Waals surface area contributed by atoms with Crippen molar-refractivity contribution in [2.24, 2.45) is 11.5 Å². The van der Waals surface area contributed by atoms with Gasteiger partial charge in [0, 0.05) is 12.6 Å². The Morgan fingerprint density at radius 1 is 1.25 bits per heavy atom. The van der Waals surface area contributed by atoms with Crippen molar-refractivity contribution in [1.29, 1.82) is 0 Å². The second kappa shape index (κ2) is 4.24. The fourth-order valence-electron chi connectivity index (χ4n) is 1.21. The third kappa shape index (κ3) is 2.06. The molecule has 12 heavy (non-hydrogen) atoms. The average molecular weight is 164 g/mol. The van der Waals surface area contributed by atoms with E-state index in [-0.39, 0.29) is 6.04 Å². The molecule has 0 spiro atoms. The predicted octanol–water partition coefficient (Wildman–Crippen LogP) is 1.08. The van der Waals surface area contributed by atoms with E-state index in [0.717, 1.165) is 0 Å². The fraction of sp³-hybridized carbons (Fsp3) is 0.400. The summed E-state index contributed by atoms with van der Waals surface area (Å²) >= 11 is 0. The van der Waals surface area contributed by atoms with Gasteiger partial charge >= 0.3 is 0 Å². The van der Waals surface area contributed by atoms with Crippen molar-refractivity contribution >= 4 is 0 Å². The van der Waals surface area contributed by atoms with Crippen LogP contribution >= 0.6 is 0 Å². The average Bonchev–Trinajstić information content (AvgIpc) is 2.17. The highest BCUT2D eigenvalue weighted by Crippen LogP contribution is 2.16. The summed E-state index contributed by atoms with van der Waals surface area (Å²) in [6.07, 6.45) is 0. The van der Waals surface area contributed by atoms with Crippen molar-refractivity contribution < 1.29 is 0 Å². The van der Waals surface area contributed by atoms with Crippen LogP contribution < -0.4 is 11.5 Å². The van der Waals surface area contributed by atoms with Gasteiger partial charge in [-0.15, -0.1) is 0 Å². The lowest BCUT2D eigenvalue weighted by Crippen LogP contribution is -2.34. The molecule has 2 unspecified atom stereocenters. The van der Waals surface area contributed by atoms with E-state index in [0.29, 0.717) is 12.5 Å². The Bertz CT molecular complexity index is 221. The van der Waals surface area contributed by atoms with Gasteiger partial charge in [-0.1, -0.05) is 37.3 Å². The van der Waals surface area contributed by atoms with Crippen LogP contribution in [0.4, 0.5) is 0 Å². The molecule has 0 radical (unpaired) electrons. The summed E-state index contributed by atoms with van der Waals surface area (Å²) in [5, 5.41) is 0. The molecule has 0 aromatic heterocycles. The number of hydrogen-bond acceptors (Lipinski definition) is 2. The molecule has 0 aliphatic rings. The Hall–Kier alpha value is -0.860. The summed E-state index contributed by atoms with van der Waals surface area (Å²) in [5.41, 5.74) is 12.6. The van der Waals surface area contributed by atoms with E-state index in [1.54, 1.807) is 0 Å². The largest absolute Gasteiger partial charge is 0.329 e. The third-order valence-corrected chi connectivity index (χ3v) is 2.24. The monoisotopic (exact) mass is 164 g/mol. The van der Waals surface area contributed by atoms with Crippen LogP contribution in [0.1, 0.15) is 18.4 Å². The molecule has 1 aromatic carbocycles. The third-order valence-electron chi connectivity index (χ3n) is 2.24. The lowest BCUT2D eigenvalue weighted by molar-refractivity contribution is 0.576. The standard InChI is InChI=1S/C10H16N2/c1-8(10(12)7-11)9-5-3-2-4-6-9/h2-6,8,10H,7,11-12H2,1H3. The molecule has 0 fully saturated rings. The lowest BCUT2D eigenvalue weighted by Gasteiger charge is -2.18. The van der Waals surface area contributed by atoms with Crippen LogP contribution in [0.25, 0.3) is 0 Å². The van der Waals surface area contributed by atoms with Crippen LogP contribution in [-0.2, 0) is 0 Å². The Morgan fingerprint density at radius 3 is 2.33 bits per heavy atom. The Labute approximate surface area is 73.6 Å². The molecule has 0 saturated heterocycles. The van der Waals surface area contributed by atoms with E-state index in [1.165, 1.54) is 5.56 Å². The van der Waals surface area contributed by atoms with Crippen molar-refractivity contribution in [3.63, 3.8) is 0 Å². The zero-order valence-corrected chi connectivity index (χ0v) is 7.40. The van der Waals surface area contributed by atoms with Gasteiger partial charge in [-0.2, -0.15) is 0 Å². The smallest absolute Gasteiger partial charge is 0.0230 e. The number of rotatable bonds is 3. The minimum absolute atomic E-state index is 0.0624. The van der Waals surface area contributed by atoms with Crippen LogP contribution in [0.5, 0.6) is 0 Å². The second-order valence-electron chi connectivity index (χ2n) is 3.10. The summed E-state index contributed by atoms with van der Waals surface area (Å²) in [4.78, 5) is 0. The quantitative estimate of drug-likeness (QED) is 0.702. The van der Waals surface area contributed by atoms with Gasteiger partial charge in [-0.25, -0.2) is 0 Å². The molecule has 0 amide bonds. The number of benzene rings is 1. The van der Waals surface area contributed by atoms with E-state index >= 15 is 0 Å². The van der Waals surface area contributed by atoms with Gasteiger partial charge in [0.25, 0.3) is 0 Å². The molecule has 0 heterocycles. The van der Waals surface area contributed by atoms with Gasteiger partial charge in [0.05, 0.1) is 0 Å². The first kappa shape index (κ1) is 9.23. The highest BCUT2D eigenvalue weighted by molar-refractivity contribution is 5.20. The van der Waals surface area contributed by atoms with Gasteiger partial charge in [0.15, 0.2) is 0 Å². The van der Waals surface area contributed by atoms with E-state index in [2.05, 4.69) is 19.1 Å². The maximum atomic E-state index is 5.82. The van der Waals surface area contributed by atoms with Crippen LogP contribution in [0.3, 0.4) is 0 Å². The normalized spacial score (nSPS) is 15.6. The topological polar surface area (TPSA) is 52.0 Å². The maximum Gasteiger partial charge on any atom is 0.0230 e. The van der Waals surface area contributed by atoms with Crippen LogP contribution in [0.2, 0.25) is 0 Å². The van der Waals surface area contributed by atoms with Gasteiger partial charge in [0.2, 0.25) is 0 Å². The first-order valence-corrected chi connectivity index (χ1v) is 4.26. The van der Waals surface area contributed by atoms with Crippen molar-refractivity contribution in [2.75, 3.05) is 6.54 Å². The number of nitrogens with two attached hydrogens (primary N) is 2. The summed E-state index contributed by atoms with van der Waals surface area (Å²) in [6, 6.07) is 10.3. The Kier molecular flexibility index (Phi) is 3.26. The molecular weight excluding hydrogens is 148 g/mol. The molecule has 66 valence electrons. The number of hydrogen-bond donors (Lipinski definition) is 2. The van der Waals surface area contributed by atoms with Crippen molar-refractivity contribution in [3.8, 4) is 0 Å². The first-order valence-electron chi connectivity index (χ1n) is 4.26. The second-order valence-corrected chi connectivity index (χ2v) is 3.10. The van der Waals surface area contributed by atoms with E-state index in [4.69, 9.17) is 11.5 Å². The van der Waals surface area contributed by atoms with Gasteiger partial charge in [-0.05, 0) is 11.5 Å². The molecule has 2 atom stereocenters. The summed E-state index contributed by atoms with van der Waals surface area (Å²) in [7, 11) is 0. The van der Waals surface area contributed by atoms with Crippen LogP contribution in [0, 0.1) is 0 Å². The van der Waals surface area contributed by atoms with E-state index < -0.39 is 0 Å². The predicted molar refractivity (Wildman–Crippen MR) is 51.9 cm³/mol. The first-order chi connectivity index (χ1) is 5.75. The molecule has 1 rings (SSSR count). The molecule has 4 N–H and O–H groups in total. The summed E-state index contributed by atoms with van der Waals surface area (Å²) in [5.74, 6) is 0.344. The minimum atomic E-state index is 0.0624.